The second kappa shape index (κ2) is 13.2. The number of benzene rings is 1. The van der Waals surface area contributed by atoms with Crippen molar-refractivity contribution in [1.29, 1.82) is 5.26 Å². The molecule has 2 heterocycles. The van der Waals surface area contributed by atoms with E-state index in [2.05, 4.69) is 9.80 Å². The van der Waals surface area contributed by atoms with E-state index in [1.807, 2.05) is 6.07 Å². The Bertz CT molecular complexity index is 985. The zero-order chi connectivity index (χ0) is 28.7. The van der Waals surface area contributed by atoms with Gasteiger partial charge in [-0.3, -0.25) is 9.80 Å². The van der Waals surface area contributed by atoms with Crippen LogP contribution >= 0.6 is 0 Å². The van der Waals surface area contributed by atoms with Crippen molar-refractivity contribution in [2.45, 2.75) is 50.3 Å². The molecule has 1 aromatic rings. The molecule has 0 aromatic heterocycles. The molecule has 15 heteroatoms. The number of carbonyl (C=O) groups is 2. The Labute approximate surface area is 213 Å². The van der Waals surface area contributed by atoms with Crippen LogP contribution in [0.2, 0.25) is 0 Å². The van der Waals surface area contributed by atoms with Gasteiger partial charge in [0.15, 0.2) is 0 Å². The number of halogens is 7. The highest BCUT2D eigenvalue weighted by molar-refractivity contribution is 5.73. The lowest BCUT2D eigenvalue weighted by molar-refractivity contribution is -0.193. The molecule has 1 saturated carbocycles. The lowest BCUT2D eigenvalue weighted by atomic mass is 9.97. The summed E-state index contributed by atoms with van der Waals surface area (Å²) < 4.78 is 83.0. The van der Waals surface area contributed by atoms with Crippen LogP contribution in [-0.4, -0.2) is 89.2 Å². The van der Waals surface area contributed by atoms with E-state index in [1.165, 1.54) is 25.5 Å². The number of hydrogen-bond donors (Lipinski definition) is 2. The number of alkyl halides is 6. The van der Waals surface area contributed by atoms with Crippen LogP contribution in [0, 0.1) is 23.1 Å². The molecular formula is C23H26F7N3O5. The number of hydrogen-bond acceptors (Lipinski definition) is 6. The van der Waals surface area contributed by atoms with Crippen LogP contribution in [0.5, 0.6) is 0 Å². The van der Waals surface area contributed by atoms with E-state index < -0.39 is 30.1 Å². The number of likely N-dealkylation sites (tertiary alicyclic amines) is 1. The SMILES string of the molecule is N#Cc1cc(CN2CC[C@@H]3OCCN(CC4CC4)[C@H]3C2)ccc1F.O=C(O)C(F)(F)F.O=C(O)C(F)(F)F. The molecule has 0 unspecified atom stereocenters. The number of fused-ring (bicyclic) bond motifs is 1. The van der Waals surface area contributed by atoms with Crippen LogP contribution < -0.4 is 0 Å². The molecule has 1 aromatic carbocycles. The number of rotatable bonds is 4. The van der Waals surface area contributed by atoms with Gasteiger partial charge in [-0.05, 0) is 42.9 Å². The number of nitrogens with zero attached hydrogens (tertiary/aromatic N) is 3. The monoisotopic (exact) mass is 557 g/mol. The van der Waals surface area contributed by atoms with Crippen molar-refractivity contribution in [2.75, 3.05) is 32.8 Å². The third-order valence-electron chi connectivity index (χ3n) is 6.02. The Kier molecular flexibility index (Phi) is 10.9. The van der Waals surface area contributed by atoms with E-state index in [-0.39, 0.29) is 5.56 Å². The van der Waals surface area contributed by atoms with Gasteiger partial charge < -0.3 is 14.9 Å². The Hall–Kier alpha value is -2.96. The molecule has 0 radical (unpaired) electrons. The van der Waals surface area contributed by atoms with Gasteiger partial charge in [0.05, 0.1) is 18.3 Å². The van der Waals surface area contributed by atoms with E-state index in [9.17, 15) is 30.7 Å². The van der Waals surface area contributed by atoms with Crippen molar-refractivity contribution in [3.05, 3.63) is 35.1 Å². The third kappa shape index (κ3) is 10.1. The molecule has 3 fully saturated rings. The molecule has 2 aliphatic heterocycles. The Balaban J connectivity index is 0.000000301. The molecule has 4 rings (SSSR count). The number of nitriles is 1. The van der Waals surface area contributed by atoms with Crippen LogP contribution in [0.4, 0.5) is 30.7 Å². The number of piperidine rings is 1. The number of carboxylic acid groups (broad SMARTS) is 2. The maximum atomic E-state index is 13.5. The van der Waals surface area contributed by atoms with Crippen LogP contribution in [0.25, 0.3) is 0 Å². The highest BCUT2D eigenvalue weighted by Crippen LogP contribution is 2.33. The standard InChI is InChI=1S/C19H24FN3O.2C2HF3O2/c20-17-4-3-15(9-16(17)10-21)11-22-6-5-19-18(13-22)23(7-8-24-19)12-14-1-2-14;2*3-2(4,5)1(6)7/h3-4,9,14,18-19H,1-2,5-8,11-13H2;2*(H,6,7)/t18-,19-;;/m0../s1. The summed E-state index contributed by atoms with van der Waals surface area (Å²) in [5.41, 5.74) is 1.15. The number of morpholine rings is 1. The summed E-state index contributed by atoms with van der Waals surface area (Å²) >= 11 is 0. The molecule has 212 valence electrons. The molecule has 3 aliphatic rings. The number of carboxylic acids is 2. The van der Waals surface area contributed by atoms with Crippen LogP contribution in [0.1, 0.15) is 30.4 Å². The highest BCUT2D eigenvalue weighted by Gasteiger charge is 2.40. The second-order valence-electron chi connectivity index (χ2n) is 8.97. The van der Waals surface area contributed by atoms with E-state index >= 15 is 0 Å². The molecular weight excluding hydrogens is 531 g/mol. The minimum Gasteiger partial charge on any atom is -0.475 e. The predicted octanol–water partition coefficient (Wildman–Crippen LogP) is 3.65. The van der Waals surface area contributed by atoms with Crippen LogP contribution in [0.3, 0.4) is 0 Å². The summed E-state index contributed by atoms with van der Waals surface area (Å²) in [5.74, 6) is -5.05. The van der Waals surface area contributed by atoms with E-state index in [0.717, 1.165) is 50.7 Å². The molecule has 8 nitrogen and oxygen atoms in total. The Morgan fingerprint density at radius 1 is 1.03 bits per heavy atom. The van der Waals surface area contributed by atoms with Gasteiger partial charge >= 0.3 is 24.3 Å². The lowest BCUT2D eigenvalue weighted by Gasteiger charge is -2.47. The summed E-state index contributed by atoms with van der Waals surface area (Å²) in [6.45, 7) is 5.88. The molecule has 1 aliphatic carbocycles. The van der Waals surface area contributed by atoms with Crippen molar-refractivity contribution >= 4 is 11.9 Å². The molecule has 0 amide bonds. The zero-order valence-corrected chi connectivity index (χ0v) is 19.9. The Morgan fingerprint density at radius 2 is 1.61 bits per heavy atom. The first kappa shape index (κ1) is 31.3. The van der Waals surface area contributed by atoms with Crippen LogP contribution in [-0.2, 0) is 20.9 Å². The number of aliphatic carboxylic acids is 2. The van der Waals surface area contributed by atoms with E-state index in [4.69, 9.17) is 29.8 Å². The van der Waals surface area contributed by atoms with Gasteiger partial charge in [-0.25, -0.2) is 14.0 Å². The van der Waals surface area contributed by atoms with Crippen molar-refractivity contribution < 1.29 is 55.3 Å². The smallest absolute Gasteiger partial charge is 0.475 e. The summed E-state index contributed by atoms with van der Waals surface area (Å²) in [7, 11) is 0. The molecule has 2 atom stereocenters. The highest BCUT2D eigenvalue weighted by atomic mass is 19.4. The maximum Gasteiger partial charge on any atom is 0.490 e. The van der Waals surface area contributed by atoms with Gasteiger partial charge in [0, 0.05) is 38.8 Å². The average molecular weight is 557 g/mol. The van der Waals surface area contributed by atoms with Crippen LogP contribution in [0.15, 0.2) is 18.2 Å². The predicted molar refractivity (Wildman–Crippen MR) is 116 cm³/mol. The van der Waals surface area contributed by atoms with Crippen molar-refractivity contribution in [3.63, 3.8) is 0 Å². The van der Waals surface area contributed by atoms with E-state index in [0.29, 0.717) is 12.1 Å². The normalized spacial score (nSPS) is 22.1. The molecule has 2 N–H and O–H groups in total. The zero-order valence-electron chi connectivity index (χ0n) is 19.9. The third-order valence-corrected chi connectivity index (χ3v) is 6.02. The summed E-state index contributed by atoms with van der Waals surface area (Å²) in [5, 5.41) is 23.3. The second-order valence-corrected chi connectivity index (χ2v) is 8.97. The van der Waals surface area contributed by atoms with Gasteiger partial charge in [0.2, 0.25) is 0 Å². The van der Waals surface area contributed by atoms with Crippen molar-refractivity contribution in [3.8, 4) is 6.07 Å². The molecule has 0 bridgehead atoms. The quantitative estimate of drug-likeness (QED) is 0.540. The summed E-state index contributed by atoms with van der Waals surface area (Å²) in [6.07, 6.45) is -6.00. The largest absolute Gasteiger partial charge is 0.490 e. The molecule has 2 saturated heterocycles. The fraction of sp³-hybridized carbons (Fsp3) is 0.609. The number of ether oxygens (including phenoxy) is 1. The maximum absolute atomic E-state index is 13.5. The van der Waals surface area contributed by atoms with Crippen molar-refractivity contribution in [1.82, 2.24) is 9.80 Å². The first-order valence-corrected chi connectivity index (χ1v) is 11.5. The van der Waals surface area contributed by atoms with Gasteiger partial charge in [-0.2, -0.15) is 31.6 Å². The summed E-state index contributed by atoms with van der Waals surface area (Å²) in [6, 6.07) is 7.29. The Morgan fingerprint density at radius 3 is 2.11 bits per heavy atom. The van der Waals surface area contributed by atoms with Gasteiger partial charge in [0.25, 0.3) is 0 Å². The van der Waals surface area contributed by atoms with Gasteiger partial charge in [-0.15, -0.1) is 0 Å². The van der Waals surface area contributed by atoms with E-state index in [1.54, 1.807) is 12.1 Å². The minimum absolute atomic E-state index is 0.138. The lowest BCUT2D eigenvalue weighted by Crippen LogP contribution is -2.60. The fourth-order valence-electron chi connectivity index (χ4n) is 4.02. The first-order chi connectivity index (χ1) is 17.6. The summed E-state index contributed by atoms with van der Waals surface area (Å²) in [4.78, 5) is 22.8. The first-order valence-electron chi connectivity index (χ1n) is 11.5. The van der Waals surface area contributed by atoms with Gasteiger partial charge in [0.1, 0.15) is 11.9 Å². The average Bonchev–Trinajstić information content (AvgIpc) is 3.64. The van der Waals surface area contributed by atoms with Crippen molar-refractivity contribution in [2.24, 2.45) is 5.92 Å². The van der Waals surface area contributed by atoms with Gasteiger partial charge in [-0.1, -0.05) is 6.07 Å². The molecule has 38 heavy (non-hydrogen) atoms. The molecule has 0 spiro atoms. The minimum atomic E-state index is -5.08. The topological polar surface area (TPSA) is 114 Å². The fourth-order valence-corrected chi connectivity index (χ4v) is 4.02.